The number of hydrogen-bond donors (Lipinski definition) is 3. The minimum Gasteiger partial charge on any atom is -0.335 e. The second kappa shape index (κ2) is 6.63. The van der Waals surface area contributed by atoms with Gasteiger partial charge in [0.2, 0.25) is 0 Å². The Hall–Kier alpha value is -2.37. The Bertz CT molecular complexity index is 672. The van der Waals surface area contributed by atoms with Crippen LogP contribution in [-0.2, 0) is 6.54 Å². The molecular formula is C18H25N5O. The van der Waals surface area contributed by atoms with Crippen molar-refractivity contribution in [1.82, 2.24) is 25.8 Å². The first-order valence-electron chi connectivity index (χ1n) is 8.42. The fourth-order valence-corrected chi connectivity index (χ4v) is 3.24. The molecule has 0 bridgehead atoms. The van der Waals surface area contributed by atoms with Crippen LogP contribution in [0, 0.1) is 11.3 Å². The van der Waals surface area contributed by atoms with Gasteiger partial charge in [0.15, 0.2) is 5.82 Å². The van der Waals surface area contributed by atoms with Crippen LogP contribution in [0.25, 0.3) is 11.4 Å². The molecule has 2 atom stereocenters. The summed E-state index contributed by atoms with van der Waals surface area (Å²) in [6, 6.07) is 8.11. The molecule has 0 spiro atoms. The van der Waals surface area contributed by atoms with Gasteiger partial charge >= 0.3 is 6.03 Å². The third-order valence-corrected chi connectivity index (χ3v) is 4.80. The fourth-order valence-electron chi connectivity index (χ4n) is 3.24. The average molecular weight is 327 g/mol. The number of hydrogen-bond acceptors (Lipinski definition) is 3. The van der Waals surface area contributed by atoms with E-state index in [-0.39, 0.29) is 11.4 Å². The van der Waals surface area contributed by atoms with E-state index in [1.807, 2.05) is 24.3 Å². The number of carbonyl (C=O) groups is 1. The summed E-state index contributed by atoms with van der Waals surface area (Å²) in [5.41, 5.74) is 2.27. The van der Waals surface area contributed by atoms with Crippen molar-refractivity contribution in [3.63, 3.8) is 0 Å². The first-order chi connectivity index (χ1) is 11.4. The zero-order valence-corrected chi connectivity index (χ0v) is 14.5. The molecule has 1 aromatic carbocycles. The van der Waals surface area contributed by atoms with Crippen LogP contribution < -0.4 is 10.6 Å². The smallest absolute Gasteiger partial charge is 0.315 e. The van der Waals surface area contributed by atoms with Gasteiger partial charge in [-0.2, -0.15) is 5.10 Å². The summed E-state index contributed by atoms with van der Waals surface area (Å²) >= 11 is 0. The normalized spacial score (nSPS) is 20.3. The van der Waals surface area contributed by atoms with Gasteiger partial charge in [-0.3, -0.25) is 5.10 Å². The predicted molar refractivity (Wildman–Crippen MR) is 93.2 cm³/mol. The van der Waals surface area contributed by atoms with Crippen molar-refractivity contribution in [2.24, 2.45) is 11.3 Å². The number of rotatable bonds is 4. The van der Waals surface area contributed by atoms with Gasteiger partial charge in [-0.05, 0) is 29.7 Å². The molecule has 1 saturated carbocycles. The minimum atomic E-state index is -0.0896. The van der Waals surface area contributed by atoms with E-state index >= 15 is 0 Å². The maximum Gasteiger partial charge on any atom is 0.315 e. The average Bonchev–Trinajstić information content (AvgIpc) is 3.02. The lowest BCUT2D eigenvalue weighted by Gasteiger charge is -2.45. The van der Waals surface area contributed by atoms with Gasteiger partial charge in [0, 0.05) is 18.2 Å². The highest BCUT2D eigenvalue weighted by Crippen LogP contribution is 2.41. The van der Waals surface area contributed by atoms with Gasteiger partial charge in [0.1, 0.15) is 6.33 Å². The van der Waals surface area contributed by atoms with Gasteiger partial charge in [-0.15, -0.1) is 0 Å². The molecule has 2 amide bonds. The van der Waals surface area contributed by atoms with Crippen molar-refractivity contribution in [2.45, 2.75) is 46.2 Å². The molecule has 1 aliphatic rings. The van der Waals surface area contributed by atoms with E-state index in [1.54, 1.807) is 0 Å². The van der Waals surface area contributed by atoms with Crippen LogP contribution in [0.4, 0.5) is 4.79 Å². The summed E-state index contributed by atoms with van der Waals surface area (Å²) in [5.74, 6) is 1.30. The monoisotopic (exact) mass is 327 g/mol. The summed E-state index contributed by atoms with van der Waals surface area (Å²) in [4.78, 5) is 16.2. The van der Waals surface area contributed by atoms with Crippen molar-refractivity contribution in [3.8, 4) is 11.4 Å². The van der Waals surface area contributed by atoms with Crippen molar-refractivity contribution < 1.29 is 4.79 Å². The minimum absolute atomic E-state index is 0.0896. The third-order valence-electron chi connectivity index (χ3n) is 4.80. The van der Waals surface area contributed by atoms with Crippen molar-refractivity contribution in [3.05, 3.63) is 36.2 Å². The number of amides is 2. The summed E-state index contributed by atoms with van der Waals surface area (Å²) in [7, 11) is 0. The molecule has 24 heavy (non-hydrogen) atoms. The van der Waals surface area contributed by atoms with Crippen molar-refractivity contribution >= 4 is 6.03 Å². The van der Waals surface area contributed by atoms with Crippen molar-refractivity contribution in [2.75, 3.05) is 0 Å². The molecule has 1 aromatic heterocycles. The van der Waals surface area contributed by atoms with E-state index in [4.69, 9.17) is 0 Å². The lowest BCUT2D eigenvalue weighted by molar-refractivity contribution is 0.0903. The maximum absolute atomic E-state index is 12.1. The molecule has 128 valence electrons. The number of carbonyl (C=O) groups excluding carboxylic acids is 1. The van der Waals surface area contributed by atoms with Gasteiger partial charge in [-0.1, -0.05) is 45.0 Å². The molecular weight excluding hydrogens is 302 g/mol. The highest BCUT2D eigenvalue weighted by atomic mass is 16.2. The molecule has 6 heteroatoms. The predicted octanol–water partition coefficient (Wildman–Crippen LogP) is 3.10. The summed E-state index contributed by atoms with van der Waals surface area (Å²) in [6.07, 6.45) is 3.75. The highest BCUT2D eigenvalue weighted by Gasteiger charge is 2.39. The van der Waals surface area contributed by atoms with Crippen molar-refractivity contribution in [1.29, 1.82) is 0 Å². The number of aromatic nitrogens is 3. The molecule has 6 nitrogen and oxygen atoms in total. The van der Waals surface area contributed by atoms with E-state index in [0.29, 0.717) is 18.5 Å². The Kier molecular flexibility index (Phi) is 4.55. The molecule has 3 N–H and O–H groups in total. The van der Waals surface area contributed by atoms with Crippen LogP contribution in [0.15, 0.2) is 30.6 Å². The van der Waals surface area contributed by atoms with Gasteiger partial charge in [0.25, 0.3) is 0 Å². The Morgan fingerprint density at radius 2 is 2.00 bits per heavy atom. The van der Waals surface area contributed by atoms with Crippen LogP contribution in [0.3, 0.4) is 0 Å². The zero-order valence-electron chi connectivity index (χ0n) is 14.5. The number of nitrogens with zero attached hydrogens (tertiary/aromatic N) is 2. The summed E-state index contributed by atoms with van der Waals surface area (Å²) < 4.78 is 0. The molecule has 3 rings (SSSR count). The number of benzene rings is 1. The van der Waals surface area contributed by atoms with Crippen LogP contribution in [0.1, 0.15) is 39.2 Å². The fraction of sp³-hybridized carbons (Fsp3) is 0.500. The quantitative estimate of drug-likeness (QED) is 0.807. The second-order valence-electron chi connectivity index (χ2n) is 7.51. The SMILES string of the molecule is CC(C)(C)[C@@H]1CC[C@H]1NC(=O)NCc1ccc(-c2ncn[nH]2)cc1. The van der Waals surface area contributed by atoms with Crippen LogP contribution >= 0.6 is 0 Å². The van der Waals surface area contributed by atoms with E-state index < -0.39 is 0 Å². The molecule has 0 aliphatic heterocycles. The standard InChI is InChI=1S/C18H25N5O/c1-18(2,3)14-8-9-15(14)22-17(24)19-10-12-4-6-13(7-5-12)16-20-11-21-23-16/h4-7,11,14-15H,8-10H2,1-3H3,(H2,19,22,24)(H,20,21,23)/t14-,15-/m1/s1. The Balaban J connectivity index is 1.48. The Morgan fingerprint density at radius 3 is 2.54 bits per heavy atom. The van der Waals surface area contributed by atoms with E-state index in [9.17, 15) is 4.79 Å². The second-order valence-corrected chi connectivity index (χ2v) is 7.51. The van der Waals surface area contributed by atoms with E-state index in [2.05, 4.69) is 46.6 Å². The topological polar surface area (TPSA) is 82.7 Å². The van der Waals surface area contributed by atoms with Crippen LogP contribution in [0.5, 0.6) is 0 Å². The maximum atomic E-state index is 12.1. The third kappa shape index (κ3) is 3.75. The van der Waals surface area contributed by atoms with Gasteiger partial charge < -0.3 is 10.6 Å². The molecule has 1 heterocycles. The first kappa shape index (κ1) is 16.5. The first-order valence-corrected chi connectivity index (χ1v) is 8.42. The molecule has 0 unspecified atom stereocenters. The van der Waals surface area contributed by atoms with Gasteiger partial charge in [0.05, 0.1) is 0 Å². The van der Waals surface area contributed by atoms with E-state index in [1.165, 1.54) is 12.7 Å². The molecule has 1 aliphatic carbocycles. The molecule has 0 radical (unpaired) electrons. The molecule has 2 aromatic rings. The Labute approximate surface area is 142 Å². The largest absolute Gasteiger partial charge is 0.335 e. The van der Waals surface area contributed by atoms with Gasteiger partial charge in [-0.25, -0.2) is 9.78 Å². The van der Waals surface area contributed by atoms with Crippen LogP contribution in [0.2, 0.25) is 0 Å². The van der Waals surface area contributed by atoms with Crippen LogP contribution in [-0.4, -0.2) is 27.3 Å². The lowest BCUT2D eigenvalue weighted by Crippen LogP contribution is -2.53. The highest BCUT2D eigenvalue weighted by molar-refractivity contribution is 5.74. The molecule has 0 saturated heterocycles. The Morgan fingerprint density at radius 1 is 1.25 bits per heavy atom. The number of H-pyrrole nitrogens is 1. The lowest BCUT2D eigenvalue weighted by atomic mass is 9.65. The molecule has 1 fully saturated rings. The number of aromatic amines is 1. The summed E-state index contributed by atoms with van der Waals surface area (Å²) in [6.45, 7) is 7.22. The van der Waals surface area contributed by atoms with E-state index in [0.717, 1.165) is 23.4 Å². The number of urea groups is 1. The zero-order chi connectivity index (χ0) is 17.2. The summed E-state index contributed by atoms with van der Waals surface area (Å²) in [5, 5.41) is 12.7. The number of nitrogens with one attached hydrogen (secondary N) is 3.